The van der Waals surface area contributed by atoms with Crippen molar-refractivity contribution in [3.05, 3.63) is 139 Å². The third-order valence-electron chi connectivity index (χ3n) is 9.52. The number of hydrogen-bond acceptors (Lipinski definition) is 11. The standard InChI is InChI=1S/C21H18N6O.C21H17N5S/c1-13-25-26-20(28-13)12-24-16-10-17(21-18(11-16)22-6-7-23-21)15-4-3-14-5-8-27(2)19(14)9-15;1-26-9-5-14-2-3-15(10-20(14)26)18-11-16(24-13-17-4-6-25-27-17)12-19-21(18)23-8-7-22-19/h3-11,24H,12H2,1-2H3;2-12,24H,13H2,1H3. The van der Waals surface area contributed by atoms with Crippen LogP contribution in [0.2, 0.25) is 0 Å². The summed E-state index contributed by atoms with van der Waals surface area (Å²) in [6, 6.07) is 27.5. The molecule has 0 radical (unpaired) electrons. The maximum absolute atomic E-state index is 5.44. The van der Waals surface area contributed by atoms with Crippen LogP contribution < -0.4 is 10.6 Å². The first kappa shape index (κ1) is 33.8. The fourth-order valence-electron chi connectivity index (χ4n) is 6.76. The summed E-state index contributed by atoms with van der Waals surface area (Å²) >= 11 is 1.51. The normalized spacial score (nSPS) is 11.3. The van der Waals surface area contributed by atoms with Crippen molar-refractivity contribution in [3.8, 4) is 22.3 Å². The van der Waals surface area contributed by atoms with Crippen molar-refractivity contribution < 1.29 is 4.42 Å². The summed E-state index contributed by atoms with van der Waals surface area (Å²) in [6.45, 7) is 2.97. The summed E-state index contributed by atoms with van der Waals surface area (Å²) in [5.74, 6) is 1.10. The molecule has 0 fully saturated rings. The van der Waals surface area contributed by atoms with Gasteiger partial charge in [0.05, 0.1) is 35.2 Å². The van der Waals surface area contributed by atoms with Crippen molar-refractivity contribution in [2.24, 2.45) is 14.1 Å². The van der Waals surface area contributed by atoms with Gasteiger partial charge in [0.25, 0.3) is 0 Å². The highest BCUT2D eigenvalue weighted by Crippen LogP contribution is 2.34. The van der Waals surface area contributed by atoms with Crippen molar-refractivity contribution >= 4 is 66.8 Å². The molecule has 2 N–H and O–H groups in total. The summed E-state index contributed by atoms with van der Waals surface area (Å²) in [6.07, 6.45) is 12.9. The van der Waals surface area contributed by atoms with Crippen LogP contribution in [0, 0.1) is 6.92 Å². The van der Waals surface area contributed by atoms with Gasteiger partial charge in [-0.25, -0.2) is 4.37 Å². The number of rotatable bonds is 8. The van der Waals surface area contributed by atoms with Crippen molar-refractivity contribution in [3.63, 3.8) is 0 Å². The second-order valence-electron chi connectivity index (χ2n) is 13.2. The highest BCUT2D eigenvalue weighted by molar-refractivity contribution is 7.05. The molecule has 6 heterocycles. The molecule has 0 saturated carbocycles. The molecule has 0 atom stereocenters. The molecule has 4 aromatic carbocycles. The van der Waals surface area contributed by atoms with E-state index >= 15 is 0 Å². The van der Waals surface area contributed by atoms with Crippen molar-refractivity contribution in [2.75, 3.05) is 10.6 Å². The molecule has 55 heavy (non-hydrogen) atoms. The smallest absolute Gasteiger partial charge is 0.235 e. The lowest BCUT2D eigenvalue weighted by molar-refractivity contribution is 0.475. The molecular weight excluding hydrogens is 707 g/mol. The van der Waals surface area contributed by atoms with Gasteiger partial charge in [-0.2, -0.15) is 0 Å². The Balaban J connectivity index is 0.000000144. The largest absolute Gasteiger partial charge is 0.424 e. The fraction of sp³-hybridized carbons (Fsp3) is 0.119. The second-order valence-corrected chi connectivity index (χ2v) is 14.1. The summed E-state index contributed by atoms with van der Waals surface area (Å²) in [7, 11) is 4.12. The van der Waals surface area contributed by atoms with Gasteiger partial charge in [-0.1, -0.05) is 24.3 Å². The van der Waals surface area contributed by atoms with E-state index in [-0.39, 0.29) is 0 Å². The molecule has 0 aliphatic rings. The zero-order chi connectivity index (χ0) is 37.3. The van der Waals surface area contributed by atoms with Crippen LogP contribution in [-0.4, -0.2) is 43.6 Å². The monoisotopic (exact) mass is 741 g/mol. The average molecular weight is 742 g/mol. The first-order valence-corrected chi connectivity index (χ1v) is 18.5. The van der Waals surface area contributed by atoms with Crippen LogP contribution >= 0.6 is 11.5 Å². The van der Waals surface area contributed by atoms with Crippen molar-refractivity contribution in [1.82, 2.24) is 43.6 Å². The Hall–Kier alpha value is -6.99. The summed E-state index contributed by atoms with van der Waals surface area (Å²) in [5, 5.41) is 17.2. The predicted octanol–water partition coefficient (Wildman–Crippen LogP) is 8.95. The maximum Gasteiger partial charge on any atom is 0.235 e. The lowest BCUT2D eigenvalue weighted by Gasteiger charge is -2.11. The van der Waals surface area contributed by atoms with E-state index in [1.54, 1.807) is 31.7 Å². The first-order valence-electron chi connectivity index (χ1n) is 17.7. The molecule has 0 amide bonds. The Kier molecular flexibility index (Phi) is 8.88. The second kappa shape index (κ2) is 14.4. The Bertz CT molecular complexity index is 2950. The van der Waals surface area contributed by atoms with Crippen molar-refractivity contribution in [1.29, 1.82) is 0 Å². The van der Waals surface area contributed by atoms with Gasteiger partial charge >= 0.3 is 0 Å². The average Bonchev–Trinajstić information content (AvgIpc) is 4.05. The molecule has 270 valence electrons. The van der Waals surface area contributed by atoms with Crippen LogP contribution in [0.15, 0.2) is 127 Å². The molecule has 13 heteroatoms. The summed E-state index contributed by atoms with van der Waals surface area (Å²) < 4.78 is 13.9. The minimum atomic E-state index is 0.447. The lowest BCUT2D eigenvalue weighted by Crippen LogP contribution is -2.01. The van der Waals surface area contributed by atoms with Gasteiger partial charge < -0.3 is 24.2 Å². The Morgan fingerprint density at radius 1 is 0.600 bits per heavy atom. The molecule has 12 nitrogen and oxygen atoms in total. The summed E-state index contributed by atoms with van der Waals surface area (Å²) in [4.78, 5) is 19.4. The van der Waals surface area contributed by atoms with Gasteiger partial charge in [-0.3, -0.25) is 19.9 Å². The van der Waals surface area contributed by atoms with Crippen LogP contribution in [0.4, 0.5) is 11.4 Å². The number of benzene rings is 4. The fourth-order valence-corrected chi connectivity index (χ4v) is 7.28. The van der Waals surface area contributed by atoms with Gasteiger partial charge in [0, 0.05) is 103 Å². The summed E-state index contributed by atoms with van der Waals surface area (Å²) in [5.41, 5.74) is 12.2. The van der Waals surface area contributed by atoms with E-state index in [9.17, 15) is 0 Å². The molecule has 10 rings (SSSR count). The van der Waals surface area contributed by atoms with Crippen LogP contribution in [0.25, 0.3) is 66.1 Å². The van der Waals surface area contributed by atoms with Crippen LogP contribution in [0.5, 0.6) is 0 Å². The predicted molar refractivity (Wildman–Crippen MR) is 219 cm³/mol. The minimum absolute atomic E-state index is 0.447. The number of aryl methyl sites for hydroxylation is 3. The molecule has 0 aliphatic heterocycles. The molecule has 6 aromatic heterocycles. The van der Waals surface area contributed by atoms with Gasteiger partial charge in [-0.15, -0.1) is 10.2 Å². The third kappa shape index (κ3) is 6.96. The van der Waals surface area contributed by atoms with E-state index in [1.807, 2.05) is 31.4 Å². The highest BCUT2D eigenvalue weighted by atomic mass is 32.1. The zero-order valence-corrected chi connectivity index (χ0v) is 31.1. The van der Waals surface area contributed by atoms with E-state index in [0.29, 0.717) is 18.3 Å². The van der Waals surface area contributed by atoms with E-state index in [2.05, 4.69) is 134 Å². The quantitative estimate of drug-likeness (QED) is 0.155. The van der Waals surface area contributed by atoms with Gasteiger partial charge in [0.1, 0.15) is 0 Å². The van der Waals surface area contributed by atoms with Gasteiger partial charge in [-0.05, 0) is 88.0 Å². The molecule has 0 saturated heterocycles. The van der Waals surface area contributed by atoms with E-state index in [0.717, 1.165) is 62.2 Å². The van der Waals surface area contributed by atoms with Crippen LogP contribution in [-0.2, 0) is 27.2 Å². The van der Waals surface area contributed by atoms with E-state index < -0.39 is 0 Å². The zero-order valence-electron chi connectivity index (χ0n) is 30.3. The van der Waals surface area contributed by atoms with Crippen LogP contribution in [0.3, 0.4) is 0 Å². The molecule has 0 aliphatic carbocycles. The van der Waals surface area contributed by atoms with Crippen molar-refractivity contribution in [2.45, 2.75) is 20.0 Å². The molecule has 10 aromatic rings. The van der Waals surface area contributed by atoms with Gasteiger partial charge in [0.15, 0.2) is 0 Å². The third-order valence-corrected chi connectivity index (χ3v) is 10.3. The Morgan fingerprint density at radius 3 is 1.69 bits per heavy atom. The highest BCUT2D eigenvalue weighted by Gasteiger charge is 2.13. The number of fused-ring (bicyclic) bond motifs is 4. The Labute approximate surface area is 319 Å². The number of nitrogens with zero attached hydrogens (tertiary/aromatic N) is 9. The number of hydrogen-bond donors (Lipinski definition) is 2. The van der Waals surface area contributed by atoms with Crippen LogP contribution in [0.1, 0.15) is 16.7 Å². The topological polar surface area (TPSA) is 137 Å². The maximum atomic E-state index is 5.44. The number of aromatic nitrogens is 9. The lowest BCUT2D eigenvalue weighted by atomic mass is 10.0. The SMILES string of the molecule is Cc1nnc(CNc2cc(-c3ccc4ccn(C)c4c3)c3nccnc3c2)o1.Cn1ccc2ccc(-c3cc(NCc4ccns4)cc4nccnc34)cc21. The first-order chi connectivity index (χ1) is 26.9. The van der Waals surface area contributed by atoms with E-state index in [4.69, 9.17) is 4.42 Å². The molecule has 0 spiro atoms. The Morgan fingerprint density at radius 2 is 1.16 bits per heavy atom. The minimum Gasteiger partial charge on any atom is -0.424 e. The number of anilines is 2. The molecule has 0 unspecified atom stereocenters. The van der Waals surface area contributed by atoms with E-state index in [1.165, 1.54) is 38.2 Å². The number of nitrogens with one attached hydrogen (secondary N) is 2. The van der Waals surface area contributed by atoms with Gasteiger partial charge in [0.2, 0.25) is 11.8 Å². The molecule has 0 bridgehead atoms. The molecular formula is C42H35N11OS.